The van der Waals surface area contributed by atoms with Gasteiger partial charge < -0.3 is 18.5 Å². The molecule has 1 aliphatic carbocycles. The first-order valence-corrected chi connectivity index (χ1v) is 10.1. The van der Waals surface area contributed by atoms with Crippen LogP contribution < -0.4 is 0 Å². The van der Waals surface area contributed by atoms with Crippen LogP contribution in [0.15, 0.2) is 0 Å². The van der Waals surface area contributed by atoms with Crippen LogP contribution in [0.25, 0.3) is 0 Å². The zero-order chi connectivity index (χ0) is 16.9. The standard InChI is InChI=1S/C16H27O6P/c1-11-9-12(2)22-23(18,21-11)14-10-15(3,6-5-13(14)17)16(4)19-7-8-20-16/h11-12,14H,5-10H2,1-4H3/t11-,12-,14?,15-/m1/s1. The molecule has 0 amide bonds. The number of hydrogen-bond donors (Lipinski definition) is 0. The SMILES string of the molecule is C[C@@H]1C[C@@H](C)OP(=O)(C2C[C@](C)(C3(C)OCCO3)CCC2=O)O1. The highest BCUT2D eigenvalue weighted by atomic mass is 31.2. The second kappa shape index (κ2) is 5.92. The number of Topliss-reactive ketones (excluding diaryl/α,β-unsaturated/α-hetero) is 1. The van der Waals surface area contributed by atoms with Crippen LogP contribution in [0.3, 0.4) is 0 Å². The van der Waals surface area contributed by atoms with Crippen LogP contribution in [0, 0.1) is 5.41 Å². The van der Waals surface area contributed by atoms with E-state index < -0.39 is 24.5 Å². The second-order valence-corrected chi connectivity index (χ2v) is 9.62. The summed E-state index contributed by atoms with van der Waals surface area (Å²) in [6, 6.07) is 0. The Balaban J connectivity index is 1.86. The van der Waals surface area contributed by atoms with Gasteiger partial charge in [-0.3, -0.25) is 9.36 Å². The Morgan fingerprint density at radius 1 is 1.09 bits per heavy atom. The monoisotopic (exact) mass is 346 g/mol. The number of ketones is 1. The van der Waals surface area contributed by atoms with E-state index >= 15 is 0 Å². The molecule has 0 aromatic carbocycles. The third-order valence-electron chi connectivity index (χ3n) is 5.57. The molecular weight excluding hydrogens is 319 g/mol. The maximum Gasteiger partial charge on any atom is 0.341 e. The minimum Gasteiger partial charge on any atom is -0.347 e. The minimum absolute atomic E-state index is 0.0336. The number of rotatable bonds is 2. The van der Waals surface area contributed by atoms with Gasteiger partial charge in [-0.05, 0) is 33.6 Å². The number of hydrogen-bond acceptors (Lipinski definition) is 6. The molecule has 1 unspecified atom stereocenters. The van der Waals surface area contributed by atoms with Crippen molar-refractivity contribution in [2.75, 3.05) is 13.2 Å². The lowest BCUT2D eigenvalue weighted by Gasteiger charge is -2.48. The zero-order valence-electron chi connectivity index (χ0n) is 14.4. The molecule has 3 rings (SSSR count). The van der Waals surface area contributed by atoms with Crippen LogP contribution in [0.4, 0.5) is 0 Å². The predicted molar refractivity (Wildman–Crippen MR) is 84.4 cm³/mol. The zero-order valence-corrected chi connectivity index (χ0v) is 15.3. The molecule has 2 aliphatic heterocycles. The Kier molecular flexibility index (Phi) is 4.52. The van der Waals surface area contributed by atoms with Crippen molar-refractivity contribution in [1.29, 1.82) is 0 Å². The van der Waals surface area contributed by atoms with Crippen LogP contribution in [0.1, 0.15) is 53.4 Å². The lowest BCUT2D eigenvalue weighted by Crippen LogP contribution is -2.51. The summed E-state index contributed by atoms with van der Waals surface area (Å²) in [5.41, 5.74) is -1.12. The van der Waals surface area contributed by atoms with E-state index in [0.29, 0.717) is 38.9 Å². The maximum atomic E-state index is 13.3. The summed E-state index contributed by atoms with van der Waals surface area (Å²) in [6.45, 7) is 8.80. The summed E-state index contributed by atoms with van der Waals surface area (Å²) in [7, 11) is -3.47. The lowest BCUT2D eigenvalue weighted by molar-refractivity contribution is -0.227. The largest absolute Gasteiger partial charge is 0.347 e. The molecule has 3 fully saturated rings. The molecule has 6 nitrogen and oxygen atoms in total. The lowest BCUT2D eigenvalue weighted by atomic mass is 9.69. The van der Waals surface area contributed by atoms with Crippen molar-refractivity contribution in [2.24, 2.45) is 5.41 Å². The van der Waals surface area contributed by atoms with E-state index in [1.807, 2.05) is 27.7 Å². The molecule has 2 saturated heterocycles. The second-order valence-electron chi connectivity index (χ2n) is 7.50. The molecule has 0 radical (unpaired) electrons. The highest BCUT2D eigenvalue weighted by Crippen LogP contribution is 2.64. The van der Waals surface area contributed by atoms with Gasteiger partial charge in [-0.25, -0.2) is 0 Å². The summed E-state index contributed by atoms with van der Waals surface area (Å²) in [5.74, 6) is -0.785. The van der Waals surface area contributed by atoms with Gasteiger partial charge in [0.1, 0.15) is 11.4 Å². The Bertz CT molecular complexity index is 515. The van der Waals surface area contributed by atoms with E-state index in [4.69, 9.17) is 18.5 Å². The fourth-order valence-electron chi connectivity index (χ4n) is 4.00. The Labute approximate surface area is 137 Å². The average molecular weight is 346 g/mol. The molecule has 0 spiro atoms. The van der Waals surface area contributed by atoms with E-state index in [1.54, 1.807) is 0 Å². The van der Waals surface area contributed by atoms with Gasteiger partial charge in [-0.1, -0.05) is 6.92 Å². The van der Waals surface area contributed by atoms with E-state index in [0.717, 1.165) is 0 Å². The molecule has 132 valence electrons. The highest BCUT2D eigenvalue weighted by molar-refractivity contribution is 7.55. The maximum absolute atomic E-state index is 13.3. The smallest absolute Gasteiger partial charge is 0.341 e. The Morgan fingerprint density at radius 3 is 2.22 bits per heavy atom. The van der Waals surface area contributed by atoms with Crippen molar-refractivity contribution < 1.29 is 27.9 Å². The fraction of sp³-hybridized carbons (Fsp3) is 0.938. The van der Waals surface area contributed by atoms with Crippen LogP contribution in [-0.4, -0.2) is 42.7 Å². The van der Waals surface area contributed by atoms with E-state index in [2.05, 4.69) is 0 Å². The van der Waals surface area contributed by atoms with Gasteiger partial charge >= 0.3 is 7.60 Å². The number of carbonyl (C=O) groups is 1. The number of ether oxygens (including phenoxy) is 2. The molecule has 1 saturated carbocycles. The molecule has 4 atom stereocenters. The molecular formula is C16H27O6P. The van der Waals surface area contributed by atoms with Crippen molar-refractivity contribution in [3.63, 3.8) is 0 Å². The number of carbonyl (C=O) groups excluding carboxylic acids is 1. The summed E-state index contributed by atoms with van der Waals surface area (Å²) < 4.78 is 36.3. The molecule has 0 aromatic heterocycles. The van der Waals surface area contributed by atoms with Crippen molar-refractivity contribution in [1.82, 2.24) is 0 Å². The predicted octanol–water partition coefficient (Wildman–Crippen LogP) is 3.28. The van der Waals surface area contributed by atoms with E-state index in [-0.39, 0.29) is 18.0 Å². The Morgan fingerprint density at radius 2 is 1.65 bits per heavy atom. The van der Waals surface area contributed by atoms with Gasteiger partial charge in [-0.15, -0.1) is 0 Å². The van der Waals surface area contributed by atoms with Crippen molar-refractivity contribution in [3.05, 3.63) is 0 Å². The van der Waals surface area contributed by atoms with Crippen LogP contribution in [0.2, 0.25) is 0 Å². The highest BCUT2D eigenvalue weighted by Gasteiger charge is 2.58. The molecule has 2 heterocycles. The van der Waals surface area contributed by atoms with Gasteiger partial charge in [-0.2, -0.15) is 0 Å². The van der Waals surface area contributed by atoms with Crippen molar-refractivity contribution >= 4 is 13.4 Å². The first-order valence-electron chi connectivity index (χ1n) is 8.45. The molecule has 0 bridgehead atoms. The van der Waals surface area contributed by atoms with Crippen LogP contribution in [-0.2, 0) is 27.9 Å². The quantitative estimate of drug-likeness (QED) is 0.715. The Hall–Kier alpha value is -0.260. The van der Waals surface area contributed by atoms with Gasteiger partial charge in [0.25, 0.3) is 0 Å². The summed E-state index contributed by atoms with van der Waals surface area (Å²) in [5, 5.41) is 0. The molecule has 7 heteroatoms. The first-order chi connectivity index (χ1) is 10.7. The topological polar surface area (TPSA) is 71.1 Å². The van der Waals surface area contributed by atoms with Crippen molar-refractivity contribution in [3.8, 4) is 0 Å². The van der Waals surface area contributed by atoms with E-state index in [1.165, 1.54) is 0 Å². The molecule has 3 aliphatic rings. The van der Waals surface area contributed by atoms with Crippen LogP contribution in [0.5, 0.6) is 0 Å². The van der Waals surface area contributed by atoms with Gasteiger partial charge in [0.05, 0.1) is 25.4 Å². The third kappa shape index (κ3) is 3.05. The normalized spacial score (nSPS) is 47.7. The van der Waals surface area contributed by atoms with Crippen molar-refractivity contribution in [2.45, 2.75) is 77.0 Å². The van der Waals surface area contributed by atoms with Gasteiger partial charge in [0.15, 0.2) is 5.79 Å². The van der Waals surface area contributed by atoms with Crippen LogP contribution >= 0.6 is 7.60 Å². The van der Waals surface area contributed by atoms with E-state index in [9.17, 15) is 9.36 Å². The third-order valence-corrected chi connectivity index (χ3v) is 8.11. The minimum atomic E-state index is -3.47. The molecule has 23 heavy (non-hydrogen) atoms. The summed E-state index contributed by atoms with van der Waals surface area (Å²) >= 11 is 0. The average Bonchev–Trinajstić information content (AvgIpc) is 2.89. The van der Waals surface area contributed by atoms with Gasteiger partial charge in [0, 0.05) is 18.3 Å². The first kappa shape index (κ1) is 17.6. The summed E-state index contributed by atoms with van der Waals surface area (Å²) in [6.07, 6.45) is 1.76. The molecule has 0 N–H and O–H groups in total. The summed E-state index contributed by atoms with van der Waals surface area (Å²) in [4.78, 5) is 12.5. The van der Waals surface area contributed by atoms with Gasteiger partial charge in [0.2, 0.25) is 0 Å². The molecule has 0 aromatic rings. The fourth-order valence-corrected chi connectivity index (χ4v) is 6.63.